The van der Waals surface area contributed by atoms with E-state index in [4.69, 9.17) is 11.6 Å². The molecule has 0 fully saturated rings. The van der Waals surface area contributed by atoms with Crippen LogP contribution >= 0.6 is 11.6 Å². The van der Waals surface area contributed by atoms with Crippen molar-refractivity contribution in [3.05, 3.63) is 74.3 Å². The van der Waals surface area contributed by atoms with E-state index in [0.29, 0.717) is 10.6 Å². The third-order valence-corrected chi connectivity index (χ3v) is 5.35. The van der Waals surface area contributed by atoms with Crippen molar-refractivity contribution in [3.8, 4) is 0 Å². The molecular weight excluding hydrogens is 392 g/mol. The Bertz CT molecular complexity index is 1060. The van der Waals surface area contributed by atoms with Crippen molar-refractivity contribution in [1.82, 2.24) is 5.43 Å². The fraction of sp³-hybridized carbons (Fsp3) is 0.238. The van der Waals surface area contributed by atoms with Crippen molar-refractivity contribution < 1.29 is 9.72 Å². The zero-order chi connectivity index (χ0) is 21.3. The lowest BCUT2D eigenvalue weighted by molar-refractivity contribution is -0.384. The first-order chi connectivity index (χ1) is 13.6. The molecule has 1 amide bonds. The summed E-state index contributed by atoms with van der Waals surface area (Å²) >= 11 is 6.43. The third kappa shape index (κ3) is 4.14. The first-order valence-electron chi connectivity index (χ1n) is 8.95. The van der Waals surface area contributed by atoms with E-state index in [2.05, 4.69) is 35.4 Å². The molecule has 1 N–H and O–H groups in total. The fourth-order valence-electron chi connectivity index (χ4n) is 3.27. The molecule has 2 aromatic rings. The molecule has 0 spiro atoms. The minimum atomic E-state index is -0.554. The molecule has 29 heavy (non-hydrogen) atoms. The second kappa shape index (κ2) is 7.67. The number of non-ortho nitro benzene ring substituents is 1. The van der Waals surface area contributed by atoms with Crippen molar-refractivity contribution in [1.29, 1.82) is 0 Å². The van der Waals surface area contributed by atoms with Gasteiger partial charge >= 0.3 is 0 Å². The van der Waals surface area contributed by atoms with Crippen molar-refractivity contribution in [3.63, 3.8) is 0 Å². The molecule has 0 unspecified atom stereocenters. The quantitative estimate of drug-likeness (QED) is 0.450. The molecule has 0 aliphatic carbocycles. The third-order valence-electron chi connectivity index (χ3n) is 5.02. The van der Waals surface area contributed by atoms with Crippen molar-refractivity contribution in [2.75, 3.05) is 11.9 Å². The lowest BCUT2D eigenvalue weighted by Gasteiger charge is -2.40. The van der Waals surface area contributed by atoms with Gasteiger partial charge in [-0.1, -0.05) is 23.7 Å². The number of amides is 1. The number of nitro groups is 1. The van der Waals surface area contributed by atoms with Gasteiger partial charge in [-0.3, -0.25) is 14.9 Å². The summed E-state index contributed by atoms with van der Waals surface area (Å²) in [6, 6.07) is 9.26. The number of fused-ring (bicyclic) bond motifs is 1. The molecule has 0 bridgehead atoms. The molecule has 8 heteroatoms. The minimum Gasteiger partial charge on any atom is -0.365 e. The van der Waals surface area contributed by atoms with E-state index < -0.39 is 10.8 Å². The summed E-state index contributed by atoms with van der Waals surface area (Å²) in [5.74, 6) is -0.545. The summed E-state index contributed by atoms with van der Waals surface area (Å²) in [7, 11) is 2.02. The molecule has 0 atom stereocenters. The Hall–Kier alpha value is -3.19. The number of carbonyl (C=O) groups is 1. The largest absolute Gasteiger partial charge is 0.365 e. The molecular formula is C21H21ClN4O3. The number of likely N-dealkylation sites (N-methyl/N-ethyl adjacent to an activating group) is 1. The average molecular weight is 413 g/mol. The highest BCUT2D eigenvalue weighted by Crippen LogP contribution is 2.40. The number of carbonyl (C=O) groups excluding carboxylic acids is 1. The maximum absolute atomic E-state index is 12.2. The summed E-state index contributed by atoms with van der Waals surface area (Å²) in [6.45, 7) is 6.31. The van der Waals surface area contributed by atoms with Crippen molar-refractivity contribution in [2.24, 2.45) is 5.10 Å². The number of hydrogen-bond donors (Lipinski definition) is 1. The lowest BCUT2D eigenvalue weighted by Crippen LogP contribution is -2.42. The Morgan fingerprint density at radius 3 is 2.72 bits per heavy atom. The highest BCUT2D eigenvalue weighted by molar-refractivity contribution is 6.33. The van der Waals surface area contributed by atoms with Crippen LogP contribution in [0.25, 0.3) is 5.57 Å². The molecule has 1 aliphatic heterocycles. The minimum absolute atomic E-state index is 0.123. The number of halogens is 1. The van der Waals surface area contributed by atoms with Gasteiger partial charge in [0.1, 0.15) is 0 Å². The Labute approximate surface area is 173 Å². The number of rotatable bonds is 4. The topological polar surface area (TPSA) is 87.8 Å². The molecule has 150 valence electrons. The van der Waals surface area contributed by atoms with Crippen molar-refractivity contribution >= 4 is 40.7 Å². The lowest BCUT2D eigenvalue weighted by atomic mass is 9.88. The number of nitrogens with one attached hydrogen (secondary N) is 1. The second-order valence-electron chi connectivity index (χ2n) is 7.44. The Balaban J connectivity index is 1.82. The predicted molar refractivity (Wildman–Crippen MR) is 116 cm³/mol. The summed E-state index contributed by atoms with van der Waals surface area (Å²) in [5.41, 5.74) is 6.11. The maximum Gasteiger partial charge on any atom is 0.271 e. The SMILES string of the molecule is CC1=CC(C)(C)N(C)c2cc(Cl)c(/C=N\NC(=O)c3cccc([N+](=O)[O-])c3)cc21. The average Bonchev–Trinajstić information content (AvgIpc) is 2.66. The van der Waals surface area contributed by atoms with Gasteiger partial charge in [-0.2, -0.15) is 5.10 Å². The van der Waals surface area contributed by atoms with Crippen LogP contribution in [0.15, 0.2) is 47.6 Å². The molecule has 3 rings (SSSR count). The normalized spacial score (nSPS) is 15.1. The molecule has 1 heterocycles. The van der Waals surface area contributed by atoms with Gasteiger partial charge in [0, 0.05) is 41.6 Å². The van der Waals surface area contributed by atoms with E-state index in [1.54, 1.807) is 0 Å². The van der Waals surface area contributed by atoms with Crippen LogP contribution < -0.4 is 10.3 Å². The molecule has 0 aromatic heterocycles. The number of anilines is 1. The zero-order valence-corrected chi connectivity index (χ0v) is 17.3. The van der Waals surface area contributed by atoms with Gasteiger partial charge in [-0.25, -0.2) is 5.43 Å². The fourth-order valence-corrected chi connectivity index (χ4v) is 3.48. The Kier molecular flexibility index (Phi) is 5.44. The van der Waals surface area contributed by atoms with Gasteiger partial charge in [-0.05, 0) is 44.5 Å². The molecule has 7 nitrogen and oxygen atoms in total. The van der Waals surface area contributed by atoms with Gasteiger partial charge in [0.2, 0.25) is 0 Å². The number of nitro benzene ring substituents is 1. The van der Waals surface area contributed by atoms with Gasteiger partial charge in [0.25, 0.3) is 11.6 Å². The first kappa shape index (κ1) is 20.5. The number of benzene rings is 2. The first-order valence-corrected chi connectivity index (χ1v) is 9.33. The molecule has 0 radical (unpaired) electrons. The zero-order valence-electron chi connectivity index (χ0n) is 16.6. The van der Waals surface area contributed by atoms with Gasteiger partial charge in [-0.15, -0.1) is 0 Å². The molecule has 2 aromatic carbocycles. The molecule has 0 saturated carbocycles. The monoisotopic (exact) mass is 412 g/mol. The van der Waals surface area contributed by atoms with E-state index >= 15 is 0 Å². The second-order valence-corrected chi connectivity index (χ2v) is 7.84. The molecule has 0 saturated heterocycles. The Morgan fingerprint density at radius 2 is 2.03 bits per heavy atom. The van der Waals surface area contributed by atoms with Crippen LogP contribution in [-0.4, -0.2) is 29.6 Å². The van der Waals surface area contributed by atoms with Crippen LogP contribution in [0, 0.1) is 10.1 Å². The van der Waals surface area contributed by atoms with Crippen LogP contribution in [0.1, 0.15) is 42.3 Å². The van der Waals surface area contributed by atoms with Crippen LogP contribution in [0.5, 0.6) is 0 Å². The van der Waals surface area contributed by atoms with Crippen LogP contribution in [0.3, 0.4) is 0 Å². The summed E-state index contributed by atoms with van der Waals surface area (Å²) in [6.07, 6.45) is 3.65. The van der Waals surface area contributed by atoms with Crippen LogP contribution in [-0.2, 0) is 0 Å². The highest BCUT2D eigenvalue weighted by atomic mass is 35.5. The summed E-state index contributed by atoms with van der Waals surface area (Å²) in [5, 5.41) is 15.3. The summed E-state index contributed by atoms with van der Waals surface area (Å²) in [4.78, 5) is 24.6. The Morgan fingerprint density at radius 1 is 1.31 bits per heavy atom. The van der Waals surface area contributed by atoms with Gasteiger partial charge < -0.3 is 4.90 Å². The highest BCUT2D eigenvalue weighted by Gasteiger charge is 2.29. The number of hydrazone groups is 1. The molecule has 1 aliphatic rings. The number of allylic oxidation sites excluding steroid dienone is 1. The summed E-state index contributed by atoms with van der Waals surface area (Å²) < 4.78 is 0. The van der Waals surface area contributed by atoms with Crippen LogP contribution in [0.2, 0.25) is 5.02 Å². The van der Waals surface area contributed by atoms with Gasteiger partial charge in [0.15, 0.2) is 0 Å². The van der Waals surface area contributed by atoms with E-state index in [-0.39, 0.29) is 16.8 Å². The maximum atomic E-state index is 12.2. The van der Waals surface area contributed by atoms with E-state index in [9.17, 15) is 14.9 Å². The van der Waals surface area contributed by atoms with E-state index in [1.165, 1.54) is 30.5 Å². The van der Waals surface area contributed by atoms with E-state index in [1.807, 2.05) is 26.1 Å². The smallest absolute Gasteiger partial charge is 0.271 e. The predicted octanol–water partition coefficient (Wildman–Crippen LogP) is 4.64. The van der Waals surface area contributed by atoms with Gasteiger partial charge in [0.05, 0.1) is 21.7 Å². The standard InChI is InChI=1S/C21H21ClN4O3/c1-13-11-21(2,3)25(4)19-10-18(22)15(9-17(13)19)12-23-24-20(27)14-6-5-7-16(8-14)26(28)29/h5-12H,1-4H3,(H,24,27)/b23-12-. The van der Waals surface area contributed by atoms with E-state index in [0.717, 1.165) is 16.8 Å². The van der Waals surface area contributed by atoms with Crippen LogP contribution in [0.4, 0.5) is 11.4 Å². The van der Waals surface area contributed by atoms with Crippen molar-refractivity contribution in [2.45, 2.75) is 26.3 Å². The number of nitrogens with zero attached hydrogens (tertiary/aromatic N) is 3. The number of hydrogen-bond acceptors (Lipinski definition) is 5.